The topological polar surface area (TPSA) is 52.6 Å². The fourth-order valence-corrected chi connectivity index (χ4v) is 2.78. The Morgan fingerprint density at radius 2 is 1.44 bits per heavy atom. The summed E-state index contributed by atoms with van der Waals surface area (Å²) >= 11 is 0. The predicted molar refractivity (Wildman–Crippen MR) is 109 cm³/mol. The zero-order valence-electron chi connectivity index (χ0n) is 16.9. The molecule has 0 N–H and O–H groups in total. The molecule has 1 aromatic rings. The van der Waals surface area contributed by atoms with Crippen molar-refractivity contribution in [2.75, 3.05) is 6.61 Å². The third-order valence-electron chi connectivity index (χ3n) is 4.31. The highest BCUT2D eigenvalue weighted by Crippen LogP contribution is 2.13. The van der Waals surface area contributed by atoms with Crippen LogP contribution in [0.15, 0.2) is 36.4 Å². The van der Waals surface area contributed by atoms with Crippen LogP contribution in [0.5, 0.6) is 5.75 Å². The SMILES string of the molecule is CCCCCCCCCCCCOC(=O)/C=C/C(=O)Oc1cccc(C)c1. The van der Waals surface area contributed by atoms with Gasteiger partial charge in [0.1, 0.15) is 5.75 Å². The molecular formula is C23H34O4. The minimum Gasteiger partial charge on any atom is -0.463 e. The van der Waals surface area contributed by atoms with Crippen LogP contribution in [0.3, 0.4) is 0 Å². The molecule has 0 heterocycles. The quantitative estimate of drug-likeness (QED) is 0.175. The summed E-state index contributed by atoms with van der Waals surface area (Å²) in [5.41, 5.74) is 1.00. The van der Waals surface area contributed by atoms with E-state index in [4.69, 9.17) is 9.47 Å². The Balaban J connectivity index is 2.02. The molecule has 0 aromatic heterocycles. The van der Waals surface area contributed by atoms with Gasteiger partial charge < -0.3 is 9.47 Å². The van der Waals surface area contributed by atoms with Crippen LogP contribution in [-0.2, 0) is 14.3 Å². The highest BCUT2D eigenvalue weighted by Gasteiger charge is 2.03. The van der Waals surface area contributed by atoms with E-state index in [2.05, 4.69) is 6.92 Å². The highest BCUT2D eigenvalue weighted by molar-refractivity contribution is 5.92. The van der Waals surface area contributed by atoms with Crippen molar-refractivity contribution in [1.82, 2.24) is 0 Å². The summed E-state index contributed by atoms with van der Waals surface area (Å²) in [4.78, 5) is 23.3. The Labute approximate surface area is 163 Å². The van der Waals surface area contributed by atoms with Gasteiger partial charge in [0.25, 0.3) is 0 Å². The molecule has 0 saturated carbocycles. The van der Waals surface area contributed by atoms with E-state index in [0.29, 0.717) is 12.4 Å². The Morgan fingerprint density at radius 1 is 0.852 bits per heavy atom. The Hall–Kier alpha value is -2.10. The maximum Gasteiger partial charge on any atom is 0.336 e. The minimum absolute atomic E-state index is 0.395. The normalized spacial score (nSPS) is 10.9. The lowest BCUT2D eigenvalue weighted by molar-refractivity contribution is -0.138. The first-order valence-electron chi connectivity index (χ1n) is 10.2. The van der Waals surface area contributed by atoms with Gasteiger partial charge in [0, 0.05) is 12.2 Å². The van der Waals surface area contributed by atoms with Gasteiger partial charge >= 0.3 is 11.9 Å². The maximum absolute atomic E-state index is 11.7. The summed E-state index contributed by atoms with van der Waals surface area (Å²) in [5.74, 6) is -0.632. The van der Waals surface area contributed by atoms with Crippen LogP contribution in [0.4, 0.5) is 0 Å². The molecule has 0 aliphatic carbocycles. The minimum atomic E-state index is -0.587. The number of unbranched alkanes of at least 4 members (excludes halogenated alkanes) is 9. The monoisotopic (exact) mass is 374 g/mol. The molecule has 0 atom stereocenters. The lowest BCUT2D eigenvalue weighted by atomic mass is 10.1. The van der Waals surface area contributed by atoms with E-state index in [-0.39, 0.29) is 0 Å². The second kappa shape index (κ2) is 15.0. The second-order valence-electron chi connectivity index (χ2n) is 6.92. The molecule has 0 saturated heterocycles. The van der Waals surface area contributed by atoms with Crippen molar-refractivity contribution in [3.05, 3.63) is 42.0 Å². The summed E-state index contributed by atoms with van der Waals surface area (Å²) in [6.07, 6.45) is 14.6. The molecule has 0 radical (unpaired) electrons. The van der Waals surface area contributed by atoms with E-state index in [0.717, 1.165) is 30.6 Å². The molecule has 4 heteroatoms. The summed E-state index contributed by atoms with van der Waals surface area (Å²) in [6.45, 7) is 4.55. The van der Waals surface area contributed by atoms with Gasteiger partial charge in [-0.05, 0) is 31.0 Å². The van der Waals surface area contributed by atoms with E-state index in [1.807, 2.05) is 19.1 Å². The first-order valence-corrected chi connectivity index (χ1v) is 10.2. The summed E-state index contributed by atoms with van der Waals surface area (Å²) in [7, 11) is 0. The van der Waals surface area contributed by atoms with Crippen molar-refractivity contribution in [1.29, 1.82) is 0 Å². The molecule has 4 nitrogen and oxygen atoms in total. The second-order valence-corrected chi connectivity index (χ2v) is 6.92. The van der Waals surface area contributed by atoms with Gasteiger partial charge in [-0.15, -0.1) is 0 Å². The Morgan fingerprint density at radius 3 is 2.07 bits per heavy atom. The van der Waals surface area contributed by atoms with Crippen molar-refractivity contribution in [3.63, 3.8) is 0 Å². The molecule has 0 spiro atoms. The summed E-state index contributed by atoms with van der Waals surface area (Å²) < 4.78 is 10.2. The molecule has 0 aliphatic rings. The lowest BCUT2D eigenvalue weighted by Gasteiger charge is -2.03. The standard InChI is InChI=1S/C23H34O4/c1-3-4-5-6-7-8-9-10-11-12-18-26-22(24)16-17-23(25)27-21-15-13-14-20(2)19-21/h13-17,19H,3-12,18H2,1-2H3/b17-16+. The van der Waals surface area contributed by atoms with Gasteiger partial charge in [-0.3, -0.25) is 0 Å². The number of hydrogen-bond donors (Lipinski definition) is 0. The summed E-state index contributed by atoms with van der Waals surface area (Å²) in [6, 6.07) is 7.18. The lowest BCUT2D eigenvalue weighted by Crippen LogP contribution is -2.07. The first kappa shape index (κ1) is 22.9. The maximum atomic E-state index is 11.7. The Kier molecular flexibility index (Phi) is 12.7. The van der Waals surface area contributed by atoms with E-state index in [9.17, 15) is 9.59 Å². The van der Waals surface area contributed by atoms with Crippen LogP contribution >= 0.6 is 0 Å². The molecule has 0 fully saturated rings. The van der Waals surface area contributed by atoms with Crippen molar-refractivity contribution >= 4 is 11.9 Å². The molecule has 27 heavy (non-hydrogen) atoms. The first-order chi connectivity index (χ1) is 13.1. The fourth-order valence-electron chi connectivity index (χ4n) is 2.78. The highest BCUT2D eigenvalue weighted by atomic mass is 16.5. The van der Waals surface area contributed by atoms with Crippen molar-refractivity contribution in [3.8, 4) is 5.75 Å². The van der Waals surface area contributed by atoms with Gasteiger partial charge in [-0.25, -0.2) is 9.59 Å². The zero-order valence-corrected chi connectivity index (χ0v) is 16.9. The molecule has 0 unspecified atom stereocenters. The summed E-state index contributed by atoms with van der Waals surface area (Å²) in [5, 5.41) is 0. The van der Waals surface area contributed by atoms with Crippen molar-refractivity contribution in [2.45, 2.75) is 78.1 Å². The van der Waals surface area contributed by atoms with E-state index in [1.54, 1.807) is 12.1 Å². The van der Waals surface area contributed by atoms with Crippen LogP contribution in [0.2, 0.25) is 0 Å². The smallest absolute Gasteiger partial charge is 0.336 e. The molecule has 150 valence electrons. The van der Waals surface area contributed by atoms with Gasteiger partial charge in [-0.2, -0.15) is 0 Å². The van der Waals surface area contributed by atoms with Crippen LogP contribution in [0.1, 0.15) is 76.7 Å². The average Bonchev–Trinajstić information content (AvgIpc) is 2.64. The van der Waals surface area contributed by atoms with Crippen LogP contribution in [0, 0.1) is 6.92 Å². The van der Waals surface area contributed by atoms with E-state index < -0.39 is 11.9 Å². The van der Waals surface area contributed by atoms with Gasteiger partial charge in [0.2, 0.25) is 0 Å². The van der Waals surface area contributed by atoms with Crippen molar-refractivity contribution < 1.29 is 19.1 Å². The molecule has 0 aliphatic heterocycles. The number of ether oxygens (including phenoxy) is 2. The third kappa shape index (κ3) is 12.8. The molecule has 1 aromatic carbocycles. The van der Waals surface area contributed by atoms with Gasteiger partial charge in [0.15, 0.2) is 0 Å². The zero-order chi connectivity index (χ0) is 19.7. The predicted octanol–water partition coefficient (Wildman–Crippen LogP) is 5.92. The molecule has 1 rings (SSSR count). The largest absolute Gasteiger partial charge is 0.463 e. The fraction of sp³-hybridized carbons (Fsp3) is 0.565. The van der Waals surface area contributed by atoms with Gasteiger partial charge in [-0.1, -0.05) is 76.8 Å². The van der Waals surface area contributed by atoms with Crippen LogP contribution < -0.4 is 4.74 Å². The third-order valence-corrected chi connectivity index (χ3v) is 4.31. The van der Waals surface area contributed by atoms with Gasteiger partial charge in [0.05, 0.1) is 6.61 Å². The number of benzene rings is 1. The number of hydrogen-bond acceptors (Lipinski definition) is 4. The van der Waals surface area contributed by atoms with E-state index >= 15 is 0 Å². The van der Waals surface area contributed by atoms with E-state index in [1.165, 1.54) is 51.4 Å². The number of esters is 2. The Bertz CT molecular complexity index is 577. The molecule has 0 bridgehead atoms. The average molecular weight is 375 g/mol. The van der Waals surface area contributed by atoms with Crippen LogP contribution in [-0.4, -0.2) is 18.5 Å². The number of carbonyl (C=O) groups excluding carboxylic acids is 2. The number of aryl methyl sites for hydroxylation is 1. The molecule has 0 amide bonds. The van der Waals surface area contributed by atoms with Crippen molar-refractivity contribution in [2.24, 2.45) is 0 Å². The van der Waals surface area contributed by atoms with Crippen LogP contribution in [0.25, 0.3) is 0 Å². The molecular weight excluding hydrogens is 340 g/mol. The number of rotatable bonds is 14. The number of carbonyl (C=O) groups is 2.